The van der Waals surface area contributed by atoms with Crippen molar-refractivity contribution in [2.75, 3.05) is 38.0 Å². The molecule has 3 aromatic heterocycles. The highest BCUT2D eigenvalue weighted by Crippen LogP contribution is 2.25. The first-order valence-electron chi connectivity index (χ1n) is 11.5. The van der Waals surface area contributed by atoms with Crippen LogP contribution in [-0.4, -0.2) is 64.6 Å². The number of hydrogen-bond acceptors (Lipinski definition) is 8. The molecule has 0 spiro atoms. The summed E-state index contributed by atoms with van der Waals surface area (Å²) in [6.07, 6.45) is 6.94. The van der Waals surface area contributed by atoms with Crippen molar-refractivity contribution in [3.8, 4) is 0 Å². The van der Waals surface area contributed by atoms with E-state index in [-0.39, 0.29) is 29.7 Å². The quantitative estimate of drug-likeness (QED) is 0.482. The average molecular weight is 468 g/mol. The summed E-state index contributed by atoms with van der Waals surface area (Å²) in [4.78, 5) is 30.7. The predicted octanol–water partition coefficient (Wildman–Crippen LogP) is 1.93. The lowest BCUT2D eigenvalue weighted by atomic mass is 9.89. The molecule has 34 heavy (non-hydrogen) atoms. The molecule has 11 nitrogen and oxygen atoms in total. The molecule has 180 valence electrons. The van der Waals surface area contributed by atoms with Gasteiger partial charge in [-0.25, -0.2) is 4.98 Å². The number of rotatable bonds is 7. The van der Waals surface area contributed by atoms with Gasteiger partial charge in [-0.3, -0.25) is 9.59 Å². The molecule has 2 aliphatic rings. The molecule has 3 atom stereocenters. The molecule has 1 saturated heterocycles. The molecule has 4 heterocycles. The van der Waals surface area contributed by atoms with E-state index in [0.29, 0.717) is 35.1 Å². The third kappa shape index (κ3) is 4.12. The van der Waals surface area contributed by atoms with Gasteiger partial charge in [0.1, 0.15) is 22.9 Å². The maximum atomic E-state index is 13.1. The lowest BCUT2D eigenvalue weighted by molar-refractivity contribution is 0.00732. The van der Waals surface area contributed by atoms with E-state index in [1.54, 1.807) is 41.6 Å². The standard InChI is InChI=1S/C23H29N7O4/c1-24-20-11-19(26-17-6-3-9-29(23(17)32)14-5-4-10-34-13-14)28-21-15(12-25-30(20)21)22(31)27-16-7-8-18(16)33-2/h3,6,9,11-12,14,16,18,24H,4-5,7-8,10,13H2,1-2H3,(H,26,28)(H,27,31)/t14-,16-,18-/m0/s1. The molecule has 1 aliphatic heterocycles. The second-order valence-electron chi connectivity index (χ2n) is 8.63. The van der Waals surface area contributed by atoms with E-state index in [2.05, 4.69) is 26.0 Å². The first-order valence-corrected chi connectivity index (χ1v) is 11.5. The summed E-state index contributed by atoms with van der Waals surface area (Å²) in [5.41, 5.74) is 0.992. The van der Waals surface area contributed by atoms with Crippen LogP contribution in [0.2, 0.25) is 0 Å². The van der Waals surface area contributed by atoms with Gasteiger partial charge >= 0.3 is 0 Å². The number of carbonyl (C=O) groups is 1. The lowest BCUT2D eigenvalue weighted by Gasteiger charge is -2.35. The molecule has 0 radical (unpaired) electrons. The number of aromatic nitrogens is 4. The van der Waals surface area contributed by atoms with Crippen LogP contribution in [0.3, 0.4) is 0 Å². The maximum Gasteiger partial charge on any atom is 0.274 e. The number of carbonyl (C=O) groups excluding carboxylic acids is 1. The van der Waals surface area contributed by atoms with Crippen LogP contribution in [0.4, 0.5) is 17.3 Å². The van der Waals surface area contributed by atoms with Gasteiger partial charge in [-0.15, -0.1) is 0 Å². The Morgan fingerprint density at radius 1 is 1.29 bits per heavy atom. The number of nitrogens with one attached hydrogen (secondary N) is 3. The zero-order valence-corrected chi connectivity index (χ0v) is 19.3. The normalized spacial score (nSPS) is 22.2. The van der Waals surface area contributed by atoms with E-state index in [1.807, 2.05) is 6.07 Å². The number of pyridine rings is 1. The predicted molar refractivity (Wildman–Crippen MR) is 127 cm³/mol. The van der Waals surface area contributed by atoms with Crippen molar-refractivity contribution in [1.29, 1.82) is 0 Å². The Balaban J connectivity index is 1.44. The van der Waals surface area contributed by atoms with E-state index in [1.165, 1.54) is 6.20 Å². The van der Waals surface area contributed by atoms with Gasteiger partial charge in [-0.05, 0) is 37.8 Å². The van der Waals surface area contributed by atoms with E-state index >= 15 is 0 Å². The summed E-state index contributed by atoms with van der Waals surface area (Å²) in [7, 11) is 3.41. The number of fused-ring (bicyclic) bond motifs is 1. The number of ether oxygens (including phenoxy) is 2. The van der Waals surface area contributed by atoms with Crippen LogP contribution < -0.4 is 21.5 Å². The second kappa shape index (κ2) is 9.43. The highest BCUT2D eigenvalue weighted by Gasteiger charge is 2.33. The molecule has 0 aromatic carbocycles. The molecule has 1 aliphatic carbocycles. The third-order valence-corrected chi connectivity index (χ3v) is 6.57. The topological polar surface area (TPSA) is 124 Å². The maximum absolute atomic E-state index is 13.1. The Labute approximate surface area is 196 Å². The molecule has 5 rings (SSSR count). The molecular weight excluding hydrogens is 438 g/mol. The van der Waals surface area contributed by atoms with Crippen LogP contribution in [0.25, 0.3) is 5.65 Å². The van der Waals surface area contributed by atoms with Crippen molar-refractivity contribution in [3.05, 3.63) is 46.5 Å². The van der Waals surface area contributed by atoms with E-state index in [4.69, 9.17) is 9.47 Å². The molecule has 11 heteroatoms. The first-order chi connectivity index (χ1) is 16.6. The van der Waals surface area contributed by atoms with Crippen molar-refractivity contribution < 1.29 is 14.3 Å². The fourth-order valence-corrected chi connectivity index (χ4v) is 4.50. The number of methoxy groups -OCH3 is 1. The van der Waals surface area contributed by atoms with Gasteiger partial charge in [0.25, 0.3) is 11.5 Å². The minimum atomic E-state index is -0.257. The molecule has 0 bridgehead atoms. The highest BCUT2D eigenvalue weighted by atomic mass is 16.5. The van der Waals surface area contributed by atoms with Gasteiger partial charge in [0.2, 0.25) is 0 Å². The fraction of sp³-hybridized carbons (Fsp3) is 0.478. The zero-order chi connectivity index (χ0) is 23.7. The molecule has 3 aromatic rings. The van der Waals surface area contributed by atoms with Gasteiger partial charge in [0.15, 0.2) is 5.65 Å². The minimum absolute atomic E-state index is 0.0128. The van der Waals surface area contributed by atoms with Gasteiger partial charge in [0, 0.05) is 33.0 Å². The van der Waals surface area contributed by atoms with E-state index in [9.17, 15) is 9.59 Å². The van der Waals surface area contributed by atoms with Gasteiger partial charge in [-0.1, -0.05) is 0 Å². The van der Waals surface area contributed by atoms with Crippen LogP contribution in [0.15, 0.2) is 35.4 Å². The molecule has 0 unspecified atom stereocenters. The van der Waals surface area contributed by atoms with E-state index < -0.39 is 0 Å². The Morgan fingerprint density at radius 3 is 2.88 bits per heavy atom. The van der Waals surface area contributed by atoms with Crippen LogP contribution in [0, 0.1) is 0 Å². The summed E-state index contributed by atoms with van der Waals surface area (Å²) in [6, 6.07) is 5.29. The number of anilines is 3. The summed E-state index contributed by atoms with van der Waals surface area (Å²) < 4.78 is 14.2. The Kier molecular flexibility index (Phi) is 6.20. The zero-order valence-electron chi connectivity index (χ0n) is 19.3. The molecule has 1 amide bonds. The number of amides is 1. The molecule has 3 N–H and O–H groups in total. The first kappa shape index (κ1) is 22.4. The smallest absolute Gasteiger partial charge is 0.274 e. The Hall–Kier alpha value is -3.44. The minimum Gasteiger partial charge on any atom is -0.379 e. The van der Waals surface area contributed by atoms with E-state index in [0.717, 1.165) is 32.3 Å². The van der Waals surface area contributed by atoms with Crippen LogP contribution in [0.1, 0.15) is 42.1 Å². The van der Waals surface area contributed by atoms with Crippen LogP contribution >= 0.6 is 0 Å². The van der Waals surface area contributed by atoms with Crippen LogP contribution in [0.5, 0.6) is 0 Å². The number of nitrogens with zero attached hydrogens (tertiary/aromatic N) is 4. The lowest BCUT2D eigenvalue weighted by Crippen LogP contribution is -2.51. The Bertz CT molecular complexity index is 1250. The SMILES string of the molecule is CNc1cc(Nc2cccn([C@H]3CCCOC3)c2=O)nc2c(C(=O)N[C@H]3CC[C@@H]3OC)cnn12. The van der Waals surface area contributed by atoms with Crippen molar-refractivity contribution in [3.63, 3.8) is 0 Å². The molecule has 2 fully saturated rings. The monoisotopic (exact) mass is 467 g/mol. The average Bonchev–Trinajstić information content (AvgIpc) is 3.27. The fourth-order valence-electron chi connectivity index (χ4n) is 4.50. The van der Waals surface area contributed by atoms with Crippen molar-refractivity contribution >= 4 is 28.9 Å². The summed E-state index contributed by atoms with van der Waals surface area (Å²) in [5.74, 6) is 0.800. The summed E-state index contributed by atoms with van der Waals surface area (Å²) >= 11 is 0. The van der Waals surface area contributed by atoms with Gasteiger partial charge in [-0.2, -0.15) is 9.61 Å². The molecular formula is C23H29N7O4. The van der Waals surface area contributed by atoms with Gasteiger partial charge in [0.05, 0.1) is 31.0 Å². The number of hydrogen-bond donors (Lipinski definition) is 3. The van der Waals surface area contributed by atoms with Crippen molar-refractivity contribution in [1.82, 2.24) is 24.5 Å². The molecule has 1 saturated carbocycles. The van der Waals surface area contributed by atoms with Crippen LogP contribution in [-0.2, 0) is 9.47 Å². The summed E-state index contributed by atoms with van der Waals surface area (Å²) in [5, 5.41) is 13.6. The van der Waals surface area contributed by atoms with Crippen molar-refractivity contribution in [2.45, 2.75) is 43.9 Å². The Morgan fingerprint density at radius 2 is 2.18 bits per heavy atom. The second-order valence-corrected chi connectivity index (χ2v) is 8.63. The van der Waals surface area contributed by atoms with Gasteiger partial charge < -0.3 is 30.0 Å². The largest absolute Gasteiger partial charge is 0.379 e. The van der Waals surface area contributed by atoms with Crippen molar-refractivity contribution in [2.24, 2.45) is 0 Å². The third-order valence-electron chi connectivity index (χ3n) is 6.57. The highest BCUT2D eigenvalue weighted by molar-refractivity contribution is 6.00. The summed E-state index contributed by atoms with van der Waals surface area (Å²) in [6.45, 7) is 1.25.